The van der Waals surface area contributed by atoms with E-state index in [1.54, 1.807) is 11.7 Å². The van der Waals surface area contributed by atoms with Gasteiger partial charge in [-0.25, -0.2) is 0 Å². The van der Waals surface area contributed by atoms with Gasteiger partial charge in [-0.05, 0) is 6.92 Å². The summed E-state index contributed by atoms with van der Waals surface area (Å²) in [6, 6.07) is 0. The van der Waals surface area contributed by atoms with Gasteiger partial charge in [0, 0.05) is 32.1 Å². The van der Waals surface area contributed by atoms with Crippen molar-refractivity contribution in [2.45, 2.75) is 25.4 Å². The van der Waals surface area contributed by atoms with Crippen molar-refractivity contribution in [1.29, 1.82) is 0 Å². The van der Waals surface area contributed by atoms with Crippen LogP contribution in [0.25, 0.3) is 0 Å². The average molecular weight is 231 g/mol. The van der Waals surface area contributed by atoms with Crippen LogP contribution in [0.2, 0.25) is 5.15 Å². The molecule has 1 N–H and O–H groups in total. The number of nitrogens with zero attached hydrogens (tertiary/aromatic N) is 2. The van der Waals surface area contributed by atoms with Gasteiger partial charge in [0.2, 0.25) is 0 Å². The third kappa shape index (κ3) is 2.02. The Kier molecular flexibility index (Phi) is 2.75. The van der Waals surface area contributed by atoms with Crippen molar-refractivity contribution in [3.05, 3.63) is 16.4 Å². The maximum Gasteiger partial charge on any atom is 0.130 e. The Morgan fingerprint density at radius 1 is 1.67 bits per heavy atom. The maximum atomic E-state index is 10.2. The van der Waals surface area contributed by atoms with Crippen LogP contribution >= 0.6 is 11.6 Å². The molecule has 0 spiro atoms. The molecular formula is C10H15ClN2O2. The molecule has 2 rings (SSSR count). The third-order valence-corrected chi connectivity index (χ3v) is 3.33. The Bertz CT molecular complexity index is 370. The van der Waals surface area contributed by atoms with Crippen LogP contribution in [-0.2, 0) is 18.2 Å². The molecule has 4 nitrogen and oxygen atoms in total. The molecule has 0 saturated carbocycles. The Morgan fingerprint density at radius 3 is 2.87 bits per heavy atom. The van der Waals surface area contributed by atoms with Crippen LogP contribution < -0.4 is 0 Å². The first kappa shape index (κ1) is 10.9. The summed E-state index contributed by atoms with van der Waals surface area (Å²) < 4.78 is 6.83. The zero-order valence-electron chi connectivity index (χ0n) is 8.96. The van der Waals surface area contributed by atoms with E-state index in [4.69, 9.17) is 16.3 Å². The Balaban J connectivity index is 2.23. The molecule has 1 unspecified atom stereocenters. The fourth-order valence-corrected chi connectivity index (χ4v) is 2.18. The minimum absolute atomic E-state index is 0.387. The van der Waals surface area contributed by atoms with Crippen LogP contribution in [-0.4, -0.2) is 33.7 Å². The quantitative estimate of drug-likeness (QED) is 0.827. The number of aryl methyl sites for hydroxylation is 2. The van der Waals surface area contributed by atoms with E-state index in [0.29, 0.717) is 31.2 Å². The van der Waals surface area contributed by atoms with Gasteiger partial charge in [-0.1, -0.05) is 11.6 Å². The van der Waals surface area contributed by atoms with Crippen molar-refractivity contribution >= 4 is 11.6 Å². The fraction of sp³-hybridized carbons (Fsp3) is 0.700. The monoisotopic (exact) mass is 230 g/mol. The second-order valence-corrected chi connectivity index (χ2v) is 4.54. The molecule has 1 aromatic rings. The predicted molar refractivity (Wildman–Crippen MR) is 57.0 cm³/mol. The Hall–Kier alpha value is -0.580. The fourth-order valence-electron chi connectivity index (χ4n) is 1.94. The molecule has 1 atom stereocenters. The molecule has 1 aliphatic rings. The van der Waals surface area contributed by atoms with Crippen molar-refractivity contribution < 1.29 is 9.84 Å². The Morgan fingerprint density at radius 2 is 2.40 bits per heavy atom. The summed E-state index contributed by atoms with van der Waals surface area (Å²) in [5.74, 6) is 0. The topological polar surface area (TPSA) is 47.3 Å². The maximum absolute atomic E-state index is 10.2. The molecule has 1 saturated heterocycles. The normalized spacial score (nSPS) is 26.1. The molecule has 15 heavy (non-hydrogen) atoms. The molecule has 0 bridgehead atoms. The molecular weight excluding hydrogens is 216 g/mol. The number of hydrogen-bond donors (Lipinski definition) is 1. The van der Waals surface area contributed by atoms with Crippen LogP contribution in [0.1, 0.15) is 17.7 Å². The Labute approximate surface area is 93.8 Å². The number of hydrogen-bond acceptors (Lipinski definition) is 3. The third-order valence-electron chi connectivity index (χ3n) is 2.86. The van der Waals surface area contributed by atoms with Gasteiger partial charge in [-0.3, -0.25) is 4.68 Å². The molecule has 0 radical (unpaired) electrons. The van der Waals surface area contributed by atoms with Crippen LogP contribution in [0.3, 0.4) is 0 Å². The van der Waals surface area contributed by atoms with E-state index < -0.39 is 5.60 Å². The van der Waals surface area contributed by atoms with Crippen molar-refractivity contribution in [3.8, 4) is 0 Å². The highest BCUT2D eigenvalue weighted by atomic mass is 35.5. The molecule has 5 heteroatoms. The first-order chi connectivity index (χ1) is 7.02. The number of ether oxygens (including phenoxy) is 1. The van der Waals surface area contributed by atoms with E-state index in [-0.39, 0.29) is 0 Å². The average Bonchev–Trinajstić information content (AvgIpc) is 2.68. The molecule has 0 aliphatic carbocycles. The second kappa shape index (κ2) is 3.77. The van der Waals surface area contributed by atoms with E-state index in [1.165, 1.54) is 0 Å². The van der Waals surface area contributed by atoms with E-state index >= 15 is 0 Å². The van der Waals surface area contributed by atoms with Gasteiger partial charge in [0.15, 0.2) is 0 Å². The van der Waals surface area contributed by atoms with Crippen LogP contribution in [0.5, 0.6) is 0 Å². The highest BCUT2D eigenvalue weighted by molar-refractivity contribution is 6.30. The lowest BCUT2D eigenvalue weighted by Gasteiger charge is -2.19. The summed E-state index contributed by atoms with van der Waals surface area (Å²) in [5.41, 5.74) is 1.03. The smallest absolute Gasteiger partial charge is 0.130 e. The molecule has 84 valence electrons. The first-order valence-electron chi connectivity index (χ1n) is 5.00. The van der Waals surface area contributed by atoms with Crippen molar-refractivity contribution in [3.63, 3.8) is 0 Å². The summed E-state index contributed by atoms with van der Waals surface area (Å²) in [4.78, 5) is 0. The zero-order valence-corrected chi connectivity index (χ0v) is 9.71. The van der Waals surface area contributed by atoms with Crippen LogP contribution in [0.15, 0.2) is 0 Å². The van der Waals surface area contributed by atoms with Gasteiger partial charge in [0.1, 0.15) is 5.15 Å². The highest BCUT2D eigenvalue weighted by Gasteiger charge is 2.34. The van der Waals surface area contributed by atoms with Gasteiger partial charge in [-0.15, -0.1) is 0 Å². The van der Waals surface area contributed by atoms with Crippen molar-refractivity contribution in [1.82, 2.24) is 9.78 Å². The molecule has 1 aromatic heterocycles. The van der Waals surface area contributed by atoms with E-state index in [9.17, 15) is 5.11 Å². The highest BCUT2D eigenvalue weighted by Crippen LogP contribution is 2.28. The van der Waals surface area contributed by atoms with E-state index in [2.05, 4.69) is 5.10 Å². The second-order valence-electron chi connectivity index (χ2n) is 4.18. The minimum atomic E-state index is -0.766. The molecule has 0 amide bonds. The zero-order chi connectivity index (χ0) is 11.1. The largest absolute Gasteiger partial charge is 0.387 e. The van der Waals surface area contributed by atoms with Gasteiger partial charge in [0.05, 0.1) is 17.9 Å². The summed E-state index contributed by atoms with van der Waals surface area (Å²) in [6.45, 7) is 2.91. The summed E-state index contributed by atoms with van der Waals surface area (Å²) in [6.07, 6.45) is 1.18. The molecule has 1 aliphatic heterocycles. The number of aliphatic hydroxyl groups is 1. The standard InChI is InChI=1S/C10H15ClN2O2/c1-7-8(9(11)13(2)12-7)5-10(14)3-4-15-6-10/h14H,3-6H2,1-2H3. The summed E-state index contributed by atoms with van der Waals surface area (Å²) >= 11 is 6.10. The lowest BCUT2D eigenvalue weighted by Crippen LogP contribution is -2.31. The van der Waals surface area contributed by atoms with Gasteiger partial charge in [-0.2, -0.15) is 5.10 Å². The van der Waals surface area contributed by atoms with Gasteiger partial charge < -0.3 is 9.84 Å². The lowest BCUT2D eigenvalue weighted by atomic mass is 9.94. The van der Waals surface area contributed by atoms with Gasteiger partial charge >= 0.3 is 0 Å². The number of aromatic nitrogens is 2. The number of rotatable bonds is 2. The van der Waals surface area contributed by atoms with E-state index in [0.717, 1.165) is 11.3 Å². The van der Waals surface area contributed by atoms with Crippen molar-refractivity contribution in [2.75, 3.05) is 13.2 Å². The lowest BCUT2D eigenvalue weighted by molar-refractivity contribution is 0.0269. The predicted octanol–water partition coefficient (Wildman–Crippen LogP) is 1.08. The first-order valence-corrected chi connectivity index (χ1v) is 5.38. The summed E-state index contributed by atoms with van der Waals surface area (Å²) in [5, 5.41) is 15.0. The van der Waals surface area contributed by atoms with Crippen LogP contribution in [0, 0.1) is 6.92 Å². The summed E-state index contributed by atoms with van der Waals surface area (Å²) in [7, 11) is 1.80. The minimum Gasteiger partial charge on any atom is -0.387 e. The van der Waals surface area contributed by atoms with Gasteiger partial charge in [0.25, 0.3) is 0 Å². The number of halogens is 1. The molecule has 2 heterocycles. The van der Waals surface area contributed by atoms with Crippen molar-refractivity contribution in [2.24, 2.45) is 7.05 Å². The SMILES string of the molecule is Cc1nn(C)c(Cl)c1CC1(O)CCOC1. The molecule has 1 fully saturated rings. The molecule has 0 aromatic carbocycles. The van der Waals surface area contributed by atoms with Crippen LogP contribution in [0.4, 0.5) is 0 Å². The van der Waals surface area contributed by atoms with E-state index in [1.807, 2.05) is 6.92 Å².